The SMILES string of the molecule is O=CC1=Cc2cc(S(F)(F)(F)(F)F)ccc2OC1C(F)(F)F. The third kappa shape index (κ3) is 3.18. The molecule has 0 bridgehead atoms. The average molecular weight is 354 g/mol. The molecule has 0 saturated carbocycles. The van der Waals surface area contributed by atoms with Crippen molar-refractivity contribution in [3.05, 3.63) is 29.3 Å². The van der Waals surface area contributed by atoms with Crippen molar-refractivity contribution in [2.24, 2.45) is 0 Å². The van der Waals surface area contributed by atoms with Gasteiger partial charge in [0.25, 0.3) is 0 Å². The van der Waals surface area contributed by atoms with Gasteiger partial charge in [0.15, 0.2) is 0 Å². The standard InChI is InChI=1S/C11H6F8O2S/c12-11(13,14)10-7(5-20)3-6-4-8(1-2-9(6)21-10)22(15,16,17,18)19/h1-5,10H. The fraction of sp³-hybridized carbons (Fsp3) is 0.182. The van der Waals surface area contributed by atoms with Gasteiger partial charge in [-0.15, -0.1) is 0 Å². The van der Waals surface area contributed by atoms with Gasteiger partial charge in [0.05, 0.1) is 0 Å². The Morgan fingerprint density at radius 3 is 2.14 bits per heavy atom. The lowest BCUT2D eigenvalue weighted by atomic mass is 10.0. The maximum atomic E-state index is 12.7. The van der Waals surface area contributed by atoms with Crippen LogP contribution in [0.5, 0.6) is 5.75 Å². The summed E-state index contributed by atoms with van der Waals surface area (Å²) >= 11 is 0. The molecule has 0 amide bonds. The second-order valence-corrected chi connectivity index (χ2v) is 6.88. The number of halogens is 8. The van der Waals surface area contributed by atoms with Crippen LogP contribution in [0, 0.1) is 0 Å². The lowest BCUT2D eigenvalue weighted by molar-refractivity contribution is -0.184. The molecular formula is C11H6F8O2S. The van der Waals surface area contributed by atoms with Gasteiger partial charge in [0.1, 0.15) is 16.9 Å². The molecule has 0 aliphatic carbocycles. The smallest absolute Gasteiger partial charge is 0.429 e. The lowest BCUT2D eigenvalue weighted by Gasteiger charge is -2.41. The third-order valence-corrected chi connectivity index (χ3v) is 3.87. The Bertz CT molecular complexity index is 674. The summed E-state index contributed by atoms with van der Waals surface area (Å²) in [6.07, 6.45) is -7.46. The van der Waals surface area contributed by atoms with Crippen molar-refractivity contribution in [2.45, 2.75) is 17.2 Å². The fourth-order valence-corrected chi connectivity index (χ4v) is 2.46. The summed E-state index contributed by atoms with van der Waals surface area (Å²) in [5.41, 5.74) is -1.70. The van der Waals surface area contributed by atoms with Crippen molar-refractivity contribution in [3.8, 4) is 5.75 Å². The summed E-state index contributed by atoms with van der Waals surface area (Å²) in [6, 6.07) is 0.250. The number of ether oxygens (including phenoxy) is 1. The van der Waals surface area contributed by atoms with Gasteiger partial charge in [-0.25, -0.2) is 0 Å². The number of carbonyl (C=O) groups excluding carboxylic acids is 1. The molecule has 1 aromatic carbocycles. The van der Waals surface area contributed by atoms with Crippen LogP contribution in [0.1, 0.15) is 5.56 Å². The Kier molecular flexibility index (Phi) is 2.97. The van der Waals surface area contributed by atoms with Crippen LogP contribution in [0.15, 0.2) is 28.7 Å². The number of carbonyl (C=O) groups is 1. The van der Waals surface area contributed by atoms with Crippen molar-refractivity contribution in [1.82, 2.24) is 0 Å². The highest BCUT2D eigenvalue weighted by atomic mass is 32.5. The summed E-state index contributed by atoms with van der Waals surface area (Å²) in [5, 5.41) is 0. The van der Waals surface area contributed by atoms with Crippen LogP contribution in [0.3, 0.4) is 0 Å². The summed E-state index contributed by atoms with van der Waals surface area (Å²) in [6.45, 7) is 0. The van der Waals surface area contributed by atoms with E-state index in [4.69, 9.17) is 0 Å². The number of fused-ring (bicyclic) bond motifs is 1. The molecule has 22 heavy (non-hydrogen) atoms. The molecule has 0 saturated heterocycles. The predicted molar refractivity (Wildman–Crippen MR) is 62.4 cm³/mol. The van der Waals surface area contributed by atoms with Gasteiger partial charge in [0.2, 0.25) is 6.10 Å². The molecule has 1 heterocycles. The Morgan fingerprint density at radius 2 is 1.68 bits per heavy atom. The first-order valence-electron chi connectivity index (χ1n) is 5.40. The zero-order chi connectivity index (χ0) is 17.0. The van der Waals surface area contributed by atoms with E-state index in [1.807, 2.05) is 0 Å². The molecule has 0 fully saturated rings. The molecule has 1 aromatic rings. The Balaban J connectivity index is 2.59. The molecule has 0 spiro atoms. The first-order chi connectivity index (χ1) is 9.61. The molecule has 124 valence electrons. The molecule has 2 nitrogen and oxygen atoms in total. The zero-order valence-corrected chi connectivity index (χ0v) is 11.0. The van der Waals surface area contributed by atoms with E-state index in [2.05, 4.69) is 4.74 Å². The zero-order valence-electron chi connectivity index (χ0n) is 10.2. The molecule has 1 aliphatic heterocycles. The number of alkyl halides is 3. The predicted octanol–water partition coefficient (Wildman–Crippen LogP) is 5.25. The topological polar surface area (TPSA) is 26.3 Å². The minimum atomic E-state index is -9.98. The lowest BCUT2D eigenvalue weighted by Crippen LogP contribution is -2.38. The molecule has 1 unspecified atom stereocenters. The fourth-order valence-electron chi connectivity index (χ4n) is 1.79. The highest BCUT2D eigenvalue weighted by Crippen LogP contribution is 3.02. The molecule has 0 radical (unpaired) electrons. The molecule has 1 aliphatic rings. The van der Waals surface area contributed by atoms with Gasteiger partial charge in [-0.1, -0.05) is 19.4 Å². The van der Waals surface area contributed by atoms with Crippen LogP contribution in [-0.4, -0.2) is 18.6 Å². The largest absolute Gasteiger partial charge is 0.475 e. The van der Waals surface area contributed by atoms with Crippen LogP contribution in [0.4, 0.5) is 32.6 Å². The van der Waals surface area contributed by atoms with E-state index in [1.54, 1.807) is 0 Å². The van der Waals surface area contributed by atoms with Crippen LogP contribution in [0.25, 0.3) is 6.08 Å². The van der Waals surface area contributed by atoms with E-state index in [-0.39, 0.29) is 18.4 Å². The highest BCUT2D eigenvalue weighted by Gasteiger charge is 2.65. The van der Waals surface area contributed by atoms with E-state index in [0.29, 0.717) is 12.1 Å². The first-order valence-corrected chi connectivity index (χ1v) is 7.35. The monoisotopic (exact) mass is 354 g/mol. The summed E-state index contributed by atoms with van der Waals surface area (Å²) in [5.74, 6) is -0.682. The van der Waals surface area contributed by atoms with Gasteiger partial charge in [-0.05, 0) is 24.3 Å². The minimum Gasteiger partial charge on any atom is -0.475 e. The summed E-state index contributed by atoms with van der Waals surface area (Å²) in [7, 11) is -9.98. The second-order valence-electron chi connectivity index (χ2n) is 4.47. The Labute approximate surface area is 118 Å². The van der Waals surface area contributed by atoms with Gasteiger partial charge < -0.3 is 4.74 Å². The normalized spacial score (nSPS) is 21.8. The van der Waals surface area contributed by atoms with E-state index >= 15 is 0 Å². The maximum Gasteiger partial charge on any atom is 0.429 e. The van der Waals surface area contributed by atoms with Crippen LogP contribution < -0.4 is 4.74 Å². The number of hydrogen-bond donors (Lipinski definition) is 0. The van der Waals surface area contributed by atoms with Crippen molar-refractivity contribution >= 4 is 22.6 Å². The molecule has 11 heteroatoms. The molecule has 2 rings (SSSR count). The molecular weight excluding hydrogens is 348 g/mol. The number of hydrogen-bond acceptors (Lipinski definition) is 2. The van der Waals surface area contributed by atoms with Crippen molar-refractivity contribution < 1.29 is 42.1 Å². The quantitative estimate of drug-likeness (QED) is 0.536. The van der Waals surface area contributed by atoms with Gasteiger partial charge >= 0.3 is 16.4 Å². The van der Waals surface area contributed by atoms with Crippen molar-refractivity contribution in [1.29, 1.82) is 0 Å². The van der Waals surface area contributed by atoms with Crippen molar-refractivity contribution in [2.75, 3.05) is 0 Å². The third-order valence-electron chi connectivity index (χ3n) is 2.73. The minimum absolute atomic E-state index is 0.0486. The second kappa shape index (κ2) is 3.94. The van der Waals surface area contributed by atoms with E-state index in [0.717, 1.165) is 0 Å². The molecule has 1 atom stereocenters. The number of benzene rings is 1. The molecule has 0 N–H and O–H groups in total. The number of aldehydes is 1. The van der Waals surface area contributed by atoms with Crippen LogP contribution in [-0.2, 0) is 4.79 Å². The Morgan fingerprint density at radius 1 is 1.09 bits per heavy atom. The van der Waals surface area contributed by atoms with Gasteiger partial charge in [-0.2, -0.15) is 13.2 Å². The average Bonchev–Trinajstić information content (AvgIpc) is 2.32. The van der Waals surface area contributed by atoms with Crippen molar-refractivity contribution in [3.63, 3.8) is 0 Å². The van der Waals surface area contributed by atoms with Crippen LogP contribution >= 0.6 is 10.2 Å². The maximum absolute atomic E-state index is 12.7. The summed E-state index contributed by atoms with van der Waals surface area (Å²) < 4.78 is 106. The number of rotatable bonds is 2. The first kappa shape index (κ1) is 16.6. The van der Waals surface area contributed by atoms with Gasteiger partial charge in [-0.3, -0.25) is 4.79 Å². The van der Waals surface area contributed by atoms with E-state index in [9.17, 15) is 37.4 Å². The van der Waals surface area contributed by atoms with Gasteiger partial charge in [0, 0.05) is 11.1 Å². The molecule has 0 aromatic heterocycles. The summed E-state index contributed by atoms with van der Waals surface area (Å²) in [4.78, 5) is 8.34. The Hall–Kier alpha value is -1.78. The highest BCUT2D eigenvalue weighted by molar-refractivity contribution is 8.45. The van der Waals surface area contributed by atoms with E-state index < -0.39 is 44.3 Å². The van der Waals surface area contributed by atoms with Crippen LogP contribution in [0.2, 0.25) is 0 Å². The van der Waals surface area contributed by atoms with E-state index in [1.165, 1.54) is 0 Å².